The van der Waals surface area contributed by atoms with Crippen molar-refractivity contribution in [3.63, 3.8) is 0 Å². The van der Waals surface area contributed by atoms with Gasteiger partial charge in [0.1, 0.15) is 5.75 Å². The number of benzene rings is 2. The quantitative estimate of drug-likeness (QED) is 0.598. The second kappa shape index (κ2) is 8.37. The summed E-state index contributed by atoms with van der Waals surface area (Å²) in [6.07, 6.45) is 2.52. The third kappa shape index (κ3) is 4.97. The van der Waals surface area contributed by atoms with Crippen LogP contribution in [0.15, 0.2) is 47.6 Å². The minimum atomic E-state index is -0.116. The van der Waals surface area contributed by atoms with Crippen LogP contribution in [-0.4, -0.2) is 18.2 Å². The Morgan fingerprint density at radius 1 is 1.12 bits per heavy atom. The van der Waals surface area contributed by atoms with Crippen molar-refractivity contribution in [2.75, 3.05) is 6.61 Å². The second-order valence-electron chi connectivity index (χ2n) is 5.86. The predicted molar refractivity (Wildman–Crippen MR) is 101 cm³/mol. The third-order valence-electron chi connectivity index (χ3n) is 3.95. The van der Waals surface area contributed by atoms with Gasteiger partial charge in [-0.1, -0.05) is 47.5 Å². The van der Waals surface area contributed by atoms with E-state index >= 15 is 0 Å². The minimum Gasteiger partial charge on any atom is -0.492 e. The van der Waals surface area contributed by atoms with E-state index in [-0.39, 0.29) is 5.91 Å². The van der Waals surface area contributed by atoms with Crippen LogP contribution < -0.4 is 10.2 Å². The predicted octanol–water partition coefficient (Wildman–Crippen LogP) is 4.42. The van der Waals surface area contributed by atoms with Gasteiger partial charge in [-0.05, 0) is 35.7 Å². The Kier molecular flexibility index (Phi) is 5.95. The van der Waals surface area contributed by atoms with Crippen LogP contribution in [0.3, 0.4) is 0 Å². The van der Waals surface area contributed by atoms with Crippen LogP contribution in [0, 0.1) is 0 Å². The summed E-state index contributed by atoms with van der Waals surface area (Å²) in [5.74, 6) is 0.449. The smallest absolute Gasteiger partial charge is 0.240 e. The van der Waals surface area contributed by atoms with Crippen molar-refractivity contribution in [2.45, 2.75) is 25.7 Å². The van der Waals surface area contributed by atoms with Gasteiger partial charge < -0.3 is 4.74 Å². The highest BCUT2D eigenvalue weighted by Gasteiger charge is 2.16. The highest BCUT2D eigenvalue weighted by Crippen LogP contribution is 2.27. The molecule has 6 heteroatoms. The highest BCUT2D eigenvalue weighted by molar-refractivity contribution is 6.35. The fourth-order valence-corrected chi connectivity index (χ4v) is 3.15. The van der Waals surface area contributed by atoms with Crippen LogP contribution in [0.4, 0.5) is 0 Å². The molecule has 1 N–H and O–H groups in total. The van der Waals surface area contributed by atoms with Gasteiger partial charge in [0.25, 0.3) is 0 Å². The first kappa shape index (κ1) is 17.8. The van der Waals surface area contributed by atoms with E-state index in [0.717, 1.165) is 18.6 Å². The Bertz CT molecular complexity index is 779. The molecule has 4 nitrogen and oxygen atoms in total. The van der Waals surface area contributed by atoms with Crippen LogP contribution in [0.1, 0.15) is 24.0 Å². The molecule has 0 bridgehead atoms. The molecule has 0 fully saturated rings. The number of carbonyl (C=O) groups is 1. The summed E-state index contributed by atoms with van der Waals surface area (Å²) >= 11 is 11.9. The molecule has 3 rings (SSSR count). The first-order valence-electron chi connectivity index (χ1n) is 8.11. The lowest BCUT2D eigenvalue weighted by molar-refractivity contribution is -0.121. The molecular formula is C19H18Cl2N2O2. The van der Waals surface area contributed by atoms with Crippen LogP contribution in [-0.2, 0) is 17.6 Å². The van der Waals surface area contributed by atoms with Gasteiger partial charge in [0.05, 0.1) is 11.6 Å². The van der Waals surface area contributed by atoms with E-state index in [2.05, 4.69) is 22.7 Å². The number of ether oxygens (including phenoxy) is 1. The normalized spacial score (nSPS) is 12.6. The molecule has 25 heavy (non-hydrogen) atoms. The number of rotatable bonds is 6. The lowest BCUT2D eigenvalue weighted by Crippen LogP contribution is -2.20. The van der Waals surface area contributed by atoms with Gasteiger partial charge in [-0.2, -0.15) is 5.10 Å². The summed E-state index contributed by atoms with van der Waals surface area (Å²) < 4.78 is 5.56. The molecule has 0 unspecified atom stereocenters. The summed E-state index contributed by atoms with van der Waals surface area (Å²) in [6.45, 7) is 0.400. The molecule has 1 aliphatic rings. The van der Waals surface area contributed by atoms with Gasteiger partial charge in [0.15, 0.2) is 0 Å². The number of nitrogens with one attached hydrogen (secondary N) is 1. The minimum absolute atomic E-state index is 0.116. The van der Waals surface area contributed by atoms with Crippen molar-refractivity contribution in [1.29, 1.82) is 0 Å². The molecule has 0 radical (unpaired) electrons. The van der Waals surface area contributed by atoms with Crippen LogP contribution >= 0.6 is 23.2 Å². The fraction of sp³-hybridized carbons (Fsp3) is 0.263. The zero-order valence-electron chi connectivity index (χ0n) is 13.6. The largest absolute Gasteiger partial charge is 0.492 e. The monoisotopic (exact) mass is 376 g/mol. The molecule has 1 amide bonds. The Balaban J connectivity index is 1.38. The molecule has 0 saturated heterocycles. The van der Waals surface area contributed by atoms with Crippen LogP contribution in [0.25, 0.3) is 0 Å². The van der Waals surface area contributed by atoms with Gasteiger partial charge in [-0.15, -0.1) is 0 Å². The van der Waals surface area contributed by atoms with Gasteiger partial charge in [0.2, 0.25) is 5.91 Å². The number of halogens is 2. The molecule has 0 atom stereocenters. The number of hydrazone groups is 1. The average molecular weight is 377 g/mol. The van der Waals surface area contributed by atoms with Crippen molar-refractivity contribution < 1.29 is 9.53 Å². The number of amides is 1. The highest BCUT2D eigenvalue weighted by atomic mass is 35.5. The average Bonchev–Trinajstić information content (AvgIpc) is 3.01. The molecule has 0 heterocycles. The second-order valence-corrected chi connectivity index (χ2v) is 6.71. The fourth-order valence-electron chi connectivity index (χ4n) is 2.69. The molecule has 0 aromatic heterocycles. The van der Waals surface area contributed by atoms with Crippen molar-refractivity contribution in [3.05, 3.63) is 63.6 Å². The summed E-state index contributed by atoms with van der Waals surface area (Å²) in [5, 5.41) is 5.26. The van der Waals surface area contributed by atoms with E-state index in [9.17, 15) is 4.79 Å². The third-order valence-corrected chi connectivity index (χ3v) is 4.48. The molecule has 2 aromatic rings. The number of fused-ring (bicyclic) bond motifs is 1. The summed E-state index contributed by atoms with van der Waals surface area (Å²) in [5.41, 5.74) is 6.17. The zero-order chi connectivity index (χ0) is 17.6. The van der Waals surface area contributed by atoms with Crippen molar-refractivity contribution in [3.8, 4) is 5.75 Å². The van der Waals surface area contributed by atoms with Crippen LogP contribution in [0.5, 0.6) is 5.75 Å². The molecular weight excluding hydrogens is 359 g/mol. The summed E-state index contributed by atoms with van der Waals surface area (Å²) in [6, 6.07) is 13.3. The van der Waals surface area contributed by atoms with Gasteiger partial charge in [0, 0.05) is 30.0 Å². The van der Waals surface area contributed by atoms with E-state index in [1.807, 2.05) is 12.1 Å². The topological polar surface area (TPSA) is 50.7 Å². The first-order chi connectivity index (χ1) is 12.1. The molecule has 0 saturated carbocycles. The van der Waals surface area contributed by atoms with Crippen molar-refractivity contribution in [2.24, 2.45) is 5.10 Å². The standard InChI is InChI=1S/C19H18Cl2N2O2/c20-15-7-8-18(17(21)12-15)25-9-3-6-19(24)23-22-16-10-13-4-1-2-5-14(13)11-16/h1-2,4-5,7-8,12H,3,6,9-11H2,(H,23,24). The Labute approximate surface area is 156 Å². The van der Waals surface area contributed by atoms with E-state index in [1.54, 1.807) is 18.2 Å². The van der Waals surface area contributed by atoms with Crippen molar-refractivity contribution >= 4 is 34.8 Å². The number of nitrogens with zero attached hydrogens (tertiary/aromatic N) is 1. The number of hydrogen-bond donors (Lipinski definition) is 1. The maximum absolute atomic E-state index is 11.9. The van der Waals surface area contributed by atoms with Gasteiger partial charge >= 0.3 is 0 Å². The molecule has 0 spiro atoms. The van der Waals surface area contributed by atoms with E-state index in [0.29, 0.717) is 35.2 Å². The SMILES string of the molecule is O=C(CCCOc1ccc(Cl)cc1Cl)NN=C1Cc2ccccc2C1. The lowest BCUT2D eigenvalue weighted by atomic mass is 10.1. The van der Waals surface area contributed by atoms with Crippen molar-refractivity contribution in [1.82, 2.24) is 5.43 Å². The maximum atomic E-state index is 11.9. The number of carbonyl (C=O) groups excluding carboxylic acids is 1. The Morgan fingerprint density at radius 3 is 2.52 bits per heavy atom. The summed E-state index contributed by atoms with van der Waals surface area (Å²) in [4.78, 5) is 11.9. The van der Waals surface area contributed by atoms with Gasteiger partial charge in [-0.25, -0.2) is 5.43 Å². The molecule has 130 valence electrons. The number of hydrogen-bond acceptors (Lipinski definition) is 3. The van der Waals surface area contributed by atoms with Gasteiger partial charge in [-0.3, -0.25) is 4.79 Å². The first-order valence-corrected chi connectivity index (χ1v) is 8.86. The molecule has 1 aliphatic carbocycles. The molecule has 2 aromatic carbocycles. The van der Waals surface area contributed by atoms with E-state index in [1.165, 1.54) is 11.1 Å². The van der Waals surface area contributed by atoms with E-state index < -0.39 is 0 Å². The van der Waals surface area contributed by atoms with Crippen LogP contribution in [0.2, 0.25) is 10.0 Å². The Morgan fingerprint density at radius 2 is 1.84 bits per heavy atom. The molecule has 0 aliphatic heterocycles. The lowest BCUT2D eigenvalue weighted by Gasteiger charge is -2.07. The van der Waals surface area contributed by atoms with E-state index in [4.69, 9.17) is 27.9 Å². The summed E-state index contributed by atoms with van der Waals surface area (Å²) in [7, 11) is 0. The Hall–Kier alpha value is -2.04. The maximum Gasteiger partial charge on any atom is 0.240 e. The zero-order valence-corrected chi connectivity index (χ0v) is 15.1.